The molecule has 0 unspecified atom stereocenters. The Hall–Kier alpha value is -1.35. The van der Waals surface area contributed by atoms with Gasteiger partial charge in [-0.25, -0.2) is 9.67 Å². The Morgan fingerprint density at radius 1 is 1.19 bits per heavy atom. The van der Waals surface area contributed by atoms with Crippen molar-refractivity contribution in [2.24, 2.45) is 0 Å². The normalized spacial score (nSPS) is 10.8. The van der Waals surface area contributed by atoms with Gasteiger partial charge in [0.25, 0.3) is 0 Å². The van der Waals surface area contributed by atoms with Crippen LogP contribution in [0.3, 0.4) is 0 Å². The Morgan fingerprint density at radius 2 is 1.81 bits per heavy atom. The molecule has 1 aromatic carbocycles. The first kappa shape index (κ1) is 11.1. The largest absolute Gasteiger partial charge is 0.218 e. The number of hydrogen-bond donors (Lipinski definition) is 0. The van der Waals surface area contributed by atoms with Gasteiger partial charge in [-0.1, -0.05) is 17.7 Å². The second-order valence-electron chi connectivity index (χ2n) is 3.97. The Morgan fingerprint density at radius 3 is 2.38 bits per heavy atom. The fourth-order valence-electron chi connectivity index (χ4n) is 2.05. The van der Waals surface area contributed by atoms with Crippen LogP contribution in [0.15, 0.2) is 18.5 Å². The van der Waals surface area contributed by atoms with Crippen LogP contribution in [-0.2, 0) is 5.88 Å². The van der Waals surface area contributed by atoms with Gasteiger partial charge in [-0.2, -0.15) is 5.10 Å². The van der Waals surface area contributed by atoms with Crippen molar-refractivity contribution >= 4 is 11.6 Å². The van der Waals surface area contributed by atoms with Crippen LogP contribution in [0, 0.1) is 20.8 Å². The van der Waals surface area contributed by atoms with Gasteiger partial charge in [0, 0.05) is 0 Å². The van der Waals surface area contributed by atoms with Crippen molar-refractivity contribution < 1.29 is 0 Å². The summed E-state index contributed by atoms with van der Waals surface area (Å²) >= 11 is 5.84. The van der Waals surface area contributed by atoms with Gasteiger partial charge >= 0.3 is 0 Å². The Kier molecular flexibility index (Phi) is 2.97. The molecule has 16 heavy (non-hydrogen) atoms. The van der Waals surface area contributed by atoms with Crippen LogP contribution in [0.2, 0.25) is 0 Å². The lowest BCUT2D eigenvalue weighted by atomic mass is 10.1. The third-order valence-corrected chi connectivity index (χ3v) is 2.82. The van der Waals surface area contributed by atoms with Crippen LogP contribution in [0.5, 0.6) is 0 Å². The van der Waals surface area contributed by atoms with E-state index in [-0.39, 0.29) is 0 Å². The predicted molar refractivity (Wildman–Crippen MR) is 65.1 cm³/mol. The zero-order valence-corrected chi connectivity index (χ0v) is 10.4. The van der Waals surface area contributed by atoms with E-state index in [2.05, 4.69) is 43.0 Å². The maximum Gasteiger partial charge on any atom is 0.147 e. The van der Waals surface area contributed by atoms with Gasteiger partial charge in [-0.15, -0.1) is 11.6 Å². The smallest absolute Gasteiger partial charge is 0.147 e. The van der Waals surface area contributed by atoms with Gasteiger partial charge in [-0.3, -0.25) is 0 Å². The highest BCUT2D eigenvalue weighted by Gasteiger charge is 2.11. The van der Waals surface area contributed by atoms with E-state index in [9.17, 15) is 0 Å². The number of halogens is 1. The van der Waals surface area contributed by atoms with E-state index in [0.717, 1.165) is 11.5 Å². The molecular formula is C12H14ClN3. The summed E-state index contributed by atoms with van der Waals surface area (Å²) in [5.74, 6) is 1.14. The quantitative estimate of drug-likeness (QED) is 0.750. The summed E-state index contributed by atoms with van der Waals surface area (Å²) < 4.78 is 1.82. The summed E-state index contributed by atoms with van der Waals surface area (Å²) in [6.07, 6.45) is 1.54. The van der Waals surface area contributed by atoms with Crippen molar-refractivity contribution in [2.45, 2.75) is 26.7 Å². The van der Waals surface area contributed by atoms with Crippen LogP contribution in [0.4, 0.5) is 0 Å². The monoisotopic (exact) mass is 235 g/mol. The molecule has 0 radical (unpaired) electrons. The van der Waals surface area contributed by atoms with E-state index in [1.54, 1.807) is 0 Å². The van der Waals surface area contributed by atoms with Crippen molar-refractivity contribution in [3.63, 3.8) is 0 Å². The number of alkyl halides is 1. The minimum Gasteiger partial charge on any atom is -0.218 e. The molecule has 84 valence electrons. The molecule has 0 saturated carbocycles. The van der Waals surface area contributed by atoms with Gasteiger partial charge in [0.2, 0.25) is 0 Å². The Balaban J connectivity index is 2.64. The summed E-state index contributed by atoms with van der Waals surface area (Å²) in [7, 11) is 0. The molecule has 0 aliphatic heterocycles. The summed E-state index contributed by atoms with van der Waals surface area (Å²) in [6.45, 7) is 6.25. The first-order valence-electron chi connectivity index (χ1n) is 5.16. The second-order valence-corrected chi connectivity index (χ2v) is 4.24. The molecule has 0 N–H and O–H groups in total. The molecule has 0 bridgehead atoms. The SMILES string of the molecule is Cc1cc(C)c(-n2ncnc2CCl)c(C)c1. The molecule has 2 rings (SSSR count). The highest BCUT2D eigenvalue weighted by molar-refractivity contribution is 6.16. The minimum absolute atomic E-state index is 0.368. The standard InChI is InChI=1S/C12H14ClN3/c1-8-4-9(2)12(10(3)5-8)16-11(6-13)14-7-15-16/h4-5,7H,6H2,1-3H3. The minimum atomic E-state index is 0.368. The summed E-state index contributed by atoms with van der Waals surface area (Å²) in [5, 5.41) is 4.23. The van der Waals surface area contributed by atoms with Crippen molar-refractivity contribution in [1.29, 1.82) is 0 Å². The third-order valence-electron chi connectivity index (χ3n) is 2.59. The van der Waals surface area contributed by atoms with Crippen molar-refractivity contribution in [1.82, 2.24) is 14.8 Å². The first-order valence-corrected chi connectivity index (χ1v) is 5.70. The Labute approximate surface area is 100 Å². The fourth-order valence-corrected chi connectivity index (χ4v) is 2.23. The Bertz CT molecular complexity index is 494. The van der Waals surface area contributed by atoms with Gasteiger partial charge in [0.05, 0.1) is 11.6 Å². The van der Waals surface area contributed by atoms with Gasteiger partial charge in [0.15, 0.2) is 0 Å². The average Bonchev–Trinajstić information content (AvgIpc) is 2.64. The molecule has 0 spiro atoms. The summed E-state index contributed by atoms with van der Waals surface area (Å²) in [6, 6.07) is 4.28. The number of hydrogen-bond acceptors (Lipinski definition) is 2. The molecule has 4 heteroatoms. The van der Waals surface area contributed by atoms with E-state index >= 15 is 0 Å². The van der Waals surface area contributed by atoms with Crippen LogP contribution >= 0.6 is 11.6 Å². The molecule has 0 aliphatic carbocycles. The molecule has 0 atom stereocenters. The van der Waals surface area contributed by atoms with Crippen LogP contribution in [-0.4, -0.2) is 14.8 Å². The molecule has 3 nitrogen and oxygen atoms in total. The van der Waals surface area contributed by atoms with E-state index < -0.39 is 0 Å². The average molecular weight is 236 g/mol. The molecule has 1 aromatic heterocycles. The number of nitrogens with zero attached hydrogens (tertiary/aromatic N) is 3. The maximum atomic E-state index is 5.84. The fraction of sp³-hybridized carbons (Fsp3) is 0.333. The zero-order chi connectivity index (χ0) is 11.7. The van der Waals surface area contributed by atoms with Gasteiger partial charge < -0.3 is 0 Å². The molecule has 0 aliphatic rings. The van der Waals surface area contributed by atoms with Crippen LogP contribution < -0.4 is 0 Å². The summed E-state index contributed by atoms with van der Waals surface area (Å²) in [5.41, 5.74) is 4.72. The molecule has 1 heterocycles. The van der Waals surface area contributed by atoms with E-state index in [4.69, 9.17) is 11.6 Å². The number of aryl methyl sites for hydroxylation is 3. The zero-order valence-electron chi connectivity index (χ0n) is 9.66. The highest BCUT2D eigenvalue weighted by atomic mass is 35.5. The van der Waals surface area contributed by atoms with Crippen LogP contribution in [0.1, 0.15) is 22.5 Å². The number of aromatic nitrogens is 3. The highest BCUT2D eigenvalue weighted by Crippen LogP contribution is 2.21. The maximum absolute atomic E-state index is 5.84. The van der Waals surface area contributed by atoms with E-state index in [0.29, 0.717) is 5.88 Å². The first-order chi connectivity index (χ1) is 7.63. The molecule has 0 saturated heterocycles. The van der Waals surface area contributed by atoms with Crippen molar-refractivity contribution in [2.75, 3.05) is 0 Å². The van der Waals surface area contributed by atoms with Crippen LogP contribution in [0.25, 0.3) is 5.69 Å². The van der Waals surface area contributed by atoms with Crippen molar-refractivity contribution in [3.8, 4) is 5.69 Å². The topological polar surface area (TPSA) is 30.7 Å². The molecular weight excluding hydrogens is 222 g/mol. The summed E-state index contributed by atoms with van der Waals surface area (Å²) in [4.78, 5) is 4.14. The number of benzene rings is 1. The lowest BCUT2D eigenvalue weighted by Crippen LogP contribution is -2.06. The molecule has 0 fully saturated rings. The van der Waals surface area contributed by atoms with E-state index in [1.807, 2.05) is 4.68 Å². The lowest BCUT2D eigenvalue weighted by Gasteiger charge is -2.12. The van der Waals surface area contributed by atoms with Gasteiger partial charge in [-0.05, 0) is 31.9 Å². The van der Waals surface area contributed by atoms with E-state index in [1.165, 1.54) is 23.0 Å². The number of rotatable bonds is 2. The van der Waals surface area contributed by atoms with Gasteiger partial charge in [0.1, 0.15) is 12.2 Å². The van der Waals surface area contributed by atoms with Crippen molar-refractivity contribution in [3.05, 3.63) is 41.0 Å². The third kappa shape index (κ3) is 1.83. The molecule has 2 aromatic rings. The second kappa shape index (κ2) is 4.26. The predicted octanol–water partition coefficient (Wildman–Crippen LogP) is 2.93. The molecule has 0 amide bonds. The lowest BCUT2D eigenvalue weighted by molar-refractivity contribution is 0.819.